The van der Waals surface area contributed by atoms with Gasteiger partial charge in [-0.05, 0) is 38.8 Å². The van der Waals surface area contributed by atoms with E-state index in [2.05, 4.69) is 34.1 Å². The van der Waals surface area contributed by atoms with Crippen molar-refractivity contribution in [2.75, 3.05) is 19.7 Å². The Morgan fingerprint density at radius 3 is 2.63 bits per heavy atom. The predicted octanol–water partition coefficient (Wildman–Crippen LogP) is 3.78. The molecule has 4 rings (SSSR count). The van der Waals surface area contributed by atoms with Gasteiger partial charge in [-0.2, -0.15) is 18.2 Å². The van der Waals surface area contributed by atoms with E-state index in [-0.39, 0.29) is 0 Å². The quantitative estimate of drug-likeness (QED) is 0.766. The van der Waals surface area contributed by atoms with E-state index in [1.165, 1.54) is 9.75 Å². The zero-order valence-electron chi connectivity index (χ0n) is 16.7. The summed E-state index contributed by atoms with van der Waals surface area (Å²) in [5.74, 6) is -0.437. The fraction of sp³-hybridized carbons (Fsp3) is 0.632. The molecule has 3 atom stereocenters. The van der Waals surface area contributed by atoms with Gasteiger partial charge in [0.1, 0.15) is 0 Å². The van der Waals surface area contributed by atoms with Crippen molar-refractivity contribution >= 4 is 17.3 Å². The maximum atomic E-state index is 10.6. The highest BCUT2D eigenvalue weighted by molar-refractivity contribution is 7.11. The lowest BCUT2D eigenvalue weighted by atomic mass is 9.79. The number of alkyl halides is 3. The topological polar surface area (TPSA) is 88.7 Å². The van der Waals surface area contributed by atoms with E-state index in [0.29, 0.717) is 17.9 Å². The lowest BCUT2D eigenvalue weighted by Gasteiger charge is -2.43. The first-order valence-corrected chi connectivity index (χ1v) is 10.4. The molecule has 0 amide bonds. The Morgan fingerprint density at radius 1 is 1.33 bits per heavy atom. The van der Waals surface area contributed by atoms with Crippen molar-refractivity contribution in [3.8, 4) is 0 Å². The van der Waals surface area contributed by atoms with Crippen LogP contribution in [0.25, 0.3) is 0 Å². The summed E-state index contributed by atoms with van der Waals surface area (Å²) in [6, 6.07) is 4.46. The summed E-state index contributed by atoms with van der Waals surface area (Å²) in [6.45, 7) is 8.05. The average molecular weight is 447 g/mol. The third kappa shape index (κ3) is 5.79. The molecular weight excluding hydrogens is 423 g/mol. The number of halogens is 3. The summed E-state index contributed by atoms with van der Waals surface area (Å²) in [6.07, 6.45) is -2.67. The number of piperidine rings is 1. The number of rotatable bonds is 3. The van der Waals surface area contributed by atoms with Gasteiger partial charge in [-0.15, -0.1) is 11.3 Å². The monoisotopic (exact) mass is 447 g/mol. The van der Waals surface area contributed by atoms with E-state index in [4.69, 9.17) is 19.2 Å². The predicted molar refractivity (Wildman–Crippen MR) is 102 cm³/mol. The molecule has 30 heavy (non-hydrogen) atoms. The van der Waals surface area contributed by atoms with Crippen LogP contribution in [0.4, 0.5) is 13.2 Å². The molecule has 0 spiro atoms. The normalized spacial score (nSPS) is 24.6. The molecule has 2 saturated heterocycles. The van der Waals surface area contributed by atoms with Crippen molar-refractivity contribution in [2.24, 2.45) is 5.92 Å². The van der Waals surface area contributed by atoms with Gasteiger partial charge in [0.05, 0.1) is 6.10 Å². The van der Waals surface area contributed by atoms with Crippen LogP contribution >= 0.6 is 11.3 Å². The second-order valence-electron chi connectivity index (χ2n) is 7.49. The van der Waals surface area contributed by atoms with Gasteiger partial charge in [-0.25, -0.2) is 4.79 Å². The number of nitrogens with zero attached hydrogens (tertiary/aromatic N) is 3. The summed E-state index contributed by atoms with van der Waals surface area (Å²) in [7, 11) is 0. The van der Waals surface area contributed by atoms with Gasteiger partial charge in [-0.3, -0.25) is 4.90 Å². The van der Waals surface area contributed by atoms with Gasteiger partial charge in [0, 0.05) is 47.8 Å². The summed E-state index contributed by atoms with van der Waals surface area (Å²) in [5.41, 5.74) is 0. The van der Waals surface area contributed by atoms with E-state index in [1.54, 1.807) is 0 Å². The van der Waals surface area contributed by atoms with Gasteiger partial charge in [-0.1, -0.05) is 5.16 Å². The lowest BCUT2D eigenvalue weighted by molar-refractivity contribution is -0.192. The summed E-state index contributed by atoms with van der Waals surface area (Å²) < 4.78 is 43.2. The average Bonchev–Trinajstić information content (AvgIpc) is 3.29. The number of likely N-dealkylation sites (tertiary alicyclic amines) is 1. The van der Waals surface area contributed by atoms with Crippen molar-refractivity contribution in [1.29, 1.82) is 0 Å². The molecule has 0 aliphatic carbocycles. The molecule has 2 aliphatic heterocycles. The number of aryl methyl sites for hydroxylation is 2. The Labute approximate surface area is 175 Å². The molecule has 4 heterocycles. The Hall–Kier alpha value is -1.98. The van der Waals surface area contributed by atoms with Gasteiger partial charge in [0.15, 0.2) is 5.82 Å². The minimum Gasteiger partial charge on any atom is -0.475 e. The minimum atomic E-state index is -5.08. The number of carboxylic acid groups (broad SMARTS) is 1. The van der Waals surface area contributed by atoms with Crippen LogP contribution in [0.2, 0.25) is 0 Å². The van der Waals surface area contributed by atoms with Crippen molar-refractivity contribution in [3.63, 3.8) is 0 Å². The van der Waals surface area contributed by atoms with Crippen LogP contribution in [0.3, 0.4) is 0 Å². The first-order valence-electron chi connectivity index (χ1n) is 9.63. The van der Waals surface area contributed by atoms with Crippen LogP contribution in [0.5, 0.6) is 0 Å². The Morgan fingerprint density at radius 2 is 2.07 bits per heavy atom. The Kier molecular flexibility index (Phi) is 7.14. The number of fused-ring (bicyclic) bond motifs is 1. The van der Waals surface area contributed by atoms with Gasteiger partial charge < -0.3 is 14.4 Å². The number of ether oxygens (including phenoxy) is 1. The minimum absolute atomic E-state index is 0.335. The summed E-state index contributed by atoms with van der Waals surface area (Å²) in [4.78, 5) is 18.8. The molecule has 0 unspecified atom stereocenters. The van der Waals surface area contributed by atoms with Crippen molar-refractivity contribution < 1.29 is 32.3 Å². The van der Waals surface area contributed by atoms with Crippen LogP contribution in [0.15, 0.2) is 16.7 Å². The highest BCUT2D eigenvalue weighted by Gasteiger charge is 2.41. The molecule has 2 aromatic rings. The largest absolute Gasteiger partial charge is 0.490 e. The van der Waals surface area contributed by atoms with E-state index >= 15 is 0 Å². The van der Waals surface area contributed by atoms with Crippen LogP contribution in [0.1, 0.15) is 40.2 Å². The number of thiophene rings is 1. The maximum Gasteiger partial charge on any atom is 0.490 e. The standard InChI is InChI=1S/C17H23N3O2S.C2HF3O2/c1-11-3-4-13(23-11)9-20-7-5-16-15(10-20)14(6-8-21-16)17-18-12(2)19-22-17;3-2(4,5)1(6)7/h3-4,14-16H,5-10H2,1-2H3;(H,6,7)/t14-,15-,16-;/m1./s1. The number of hydrogen-bond donors (Lipinski definition) is 1. The van der Waals surface area contributed by atoms with Crippen LogP contribution in [0, 0.1) is 19.8 Å². The zero-order valence-corrected chi connectivity index (χ0v) is 17.5. The van der Waals surface area contributed by atoms with E-state index in [0.717, 1.165) is 50.8 Å². The smallest absolute Gasteiger partial charge is 0.475 e. The summed E-state index contributed by atoms with van der Waals surface area (Å²) in [5, 5.41) is 11.1. The van der Waals surface area contributed by atoms with E-state index < -0.39 is 12.1 Å². The van der Waals surface area contributed by atoms with Crippen LogP contribution in [-0.4, -0.2) is 58.1 Å². The van der Waals surface area contributed by atoms with E-state index in [9.17, 15) is 13.2 Å². The number of hydrogen-bond acceptors (Lipinski definition) is 7. The Balaban J connectivity index is 0.000000318. The summed E-state index contributed by atoms with van der Waals surface area (Å²) >= 11 is 1.90. The van der Waals surface area contributed by atoms with E-state index in [1.807, 2.05) is 18.3 Å². The molecule has 0 aromatic carbocycles. The van der Waals surface area contributed by atoms with Crippen molar-refractivity contribution in [1.82, 2.24) is 15.0 Å². The number of aromatic nitrogens is 2. The van der Waals surface area contributed by atoms with Gasteiger partial charge in [0.2, 0.25) is 5.89 Å². The molecular formula is C19H24F3N3O4S. The second kappa shape index (κ2) is 9.44. The Bertz CT molecular complexity index is 854. The fourth-order valence-electron chi connectivity index (χ4n) is 3.89. The maximum absolute atomic E-state index is 10.6. The molecule has 1 N–H and O–H groups in total. The van der Waals surface area contributed by atoms with Crippen molar-refractivity contribution in [3.05, 3.63) is 33.6 Å². The second-order valence-corrected chi connectivity index (χ2v) is 8.86. The van der Waals surface area contributed by atoms with Crippen LogP contribution < -0.4 is 0 Å². The third-order valence-electron chi connectivity index (χ3n) is 5.23. The molecule has 0 saturated carbocycles. The highest BCUT2D eigenvalue weighted by Crippen LogP contribution is 2.39. The molecule has 2 fully saturated rings. The lowest BCUT2D eigenvalue weighted by Crippen LogP contribution is -2.48. The molecule has 7 nitrogen and oxygen atoms in total. The van der Waals surface area contributed by atoms with Gasteiger partial charge in [0.25, 0.3) is 0 Å². The molecule has 2 aromatic heterocycles. The number of carboxylic acids is 1. The molecule has 11 heteroatoms. The fourth-order valence-corrected chi connectivity index (χ4v) is 4.82. The van der Waals surface area contributed by atoms with Gasteiger partial charge >= 0.3 is 12.1 Å². The molecule has 166 valence electrons. The molecule has 2 aliphatic rings. The third-order valence-corrected chi connectivity index (χ3v) is 6.22. The van der Waals surface area contributed by atoms with Crippen molar-refractivity contribution in [2.45, 2.75) is 51.4 Å². The highest BCUT2D eigenvalue weighted by atomic mass is 32.1. The zero-order chi connectivity index (χ0) is 21.9. The van der Waals surface area contributed by atoms with Crippen LogP contribution in [-0.2, 0) is 16.1 Å². The first kappa shape index (κ1) is 22.7. The number of aliphatic carboxylic acids is 1. The molecule has 0 radical (unpaired) electrons. The first-order chi connectivity index (χ1) is 14.1. The molecule has 0 bridgehead atoms. The SMILES string of the molecule is Cc1noc([C@@H]2CCO[C@@H]3CCN(Cc4ccc(C)s4)C[C@@H]32)n1.O=C(O)C(F)(F)F. The number of carbonyl (C=O) groups is 1.